The molecule has 0 bridgehead atoms. The summed E-state index contributed by atoms with van der Waals surface area (Å²) in [6.45, 7) is 5.84. The van der Waals surface area contributed by atoms with E-state index in [1.54, 1.807) is 24.3 Å². The van der Waals surface area contributed by atoms with Crippen LogP contribution in [0.3, 0.4) is 0 Å². The van der Waals surface area contributed by atoms with Crippen molar-refractivity contribution in [2.24, 2.45) is 4.99 Å². The summed E-state index contributed by atoms with van der Waals surface area (Å²) in [5.74, 6) is -0.269. The van der Waals surface area contributed by atoms with Crippen LogP contribution in [0.4, 0.5) is 5.69 Å². The van der Waals surface area contributed by atoms with Crippen LogP contribution in [0, 0.1) is 0 Å². The summed E-state index contributed by atoms with van der Waals surface area (Å²) in [4.78, 5) is 16.5. The molecule has 0 atom stereocenters. The van der Waals surface area contributed by atoms with E-state index < -0.39 is 0 Å². The van der Waals surface area contributed by atoms with Crippen molar-refractivity contribution in [1.29, 1.82) is 0 Å². The fourth-order valence-electron chi connectivity index (χ4n) is 1.92. The fourth-order valence-corrected chi connectivity index (χ4v) is 1.92. The minimum absolute atomic E-state index is 0.141. The van der Waals surface area contributed by atoms with Crippen LogP contribution < -0.4 is 5.32 Å². The number of ether oxygens (including phenoxy) is 1. The topological polar surface area (TPSA) is 50.7 Å². The molecule has 0 heterocycles. The van der Waals surface area contributed by atoms with Gasteiger partial charge in [-0.05, 0) is 30.7 Å². The molecule has 0 saturated carbocycles. The number of hydrogen-bond donors (Lipinski definition) is 1. The fraction of sp³-hybridized carbons (Fsp3) is 0.111. The highest BCUT2D eigenvalue weighted by Gasteiger charge is 2.10. The highest BCUT2D eigenvalue weighted by Crippen LogP contribution is 2.24. The van der Waals surface area contributed by atoms with E-state index in [1.807, 2.05) is 37.3 Å². The summed E-state index contributed by atoms with van der Waals surface area (Å²) in [5, 5.41) is 2.66. The first kappa shape index (κ1) is 15.5. The lowest BCUT2D eigenvalue weighted by atomic mass is 10.1. The lowest BCUT2D eigenvalue weighted by Gasteiger charge is -2.09. The normalized spacial score (nSPS) is 10.9. The second-order valence-electron chi connectivity index (χ2n) is 4.74. The van der Waals surface area contributed by atoms with Gasteiger partial charge < -0.3 is 4.74 Å². The van der Waals surface area contributed by atoms with E-state index in [0.29, 0.717) is 11.3 Å². The molecule has 112 valence electrons. The van der Waals surface area contributed by atoms with Gasteiger partial charge in [-0.15, -0.1) is 0 Å². The zero-order chi connectivity index (χ0) is 15.9. The Morgan fingerprint density at radius 3 is 2.36 bits per heavy atom. The van der Waals surface area contributed by atoms with Gasteiger partial charge in [-0.2, -0.15) is 4.99 Å². The van der Waals surface area contributed by atoms with Crippen LogP contribution in [0.25, 0.3) is 5.57 Å². The number of carbonyl (C=O) groups excluding carboxylic acids is 1. The number of nitrogens with one attached hydrogen (secondary N) is 1. The predicted octanol–water partition coefficient (Wildman–Crippen LogP) is 3.78. The first-order chi connectivity index (χ1) is 10.6. The van der Waals surface area contributed by atoms with Gasteiger partial charge in [0, 0.05) is 11.1 Å². The summed E-state index contributed by atoms with van der Waals surface area (Å²) in [5.41, 5.74) is 3.04. The SMILES string of the molecule is C=C(C)c1ccccc1N=C(NC(=O)c1ccccc1)OC. The van der Waals surface area contributed by atoms with Crippen LogP contribution in [0.1, 0.15) is 22.8 Å². The average Bonchev–Trinajstić information content (AvgIpc) is 2.55. The van der Waals surface area contributed by atoms with Gasteiger partial charge in [-0.1, -0.05) is 43.0 Å². The minimum atomic E-state index is -0.269. The number of nitrogens with zero attached hydrogens (tertiary/aromatic N) is 1. The molecule has 2 aromatic rings. The number of aliphatic imine (C=N–C) groups is 1. The van der Waals surface area contributed by atoms with Gasteiger partial charge in [-0.3, -0.25) is 10.1 Å². The zero-order valence-corrected chi connectivity index (χ0v) is 12.7. The third-order valence-electron chi connectivity index (χ3n) is 3.04. The van der Waals surface area contributed by atoms with Crippen molar-refractivity contribution < 1.29 is 9.53 Å². The summed E-state index contributed by atoms with van der Waals surface area (Å²) < 4.78 is 5.17. The van der Waals surface area contributed by atoms with Crippen LogP contribution in [0.15, 0.2) is 66.2 Å². The number of amides is 1. The van der Waals surface area contributed by atoms with E-state index in [-0.39, 0.29) is 11.9 Å². The second-order valence-corrected chi connectivity index (χ2v) is 4.74. The summed E-state index contributed by atoms with van der Waals surface area (Å²) in [6, 6.07) is 16.6. The van der Waals surface area contributed by atoms with Crippen LogP contribution in [0.5, 0.6) is 0 Å². The third kappa shape index (κ3) is 3.82. The molecule has 0 radical (unpaired) electrons. The van der Waals surface area contributed by atoms with Crippen molar-refractivity contribution in [2.75, 3.05) is 7.11 Å². The lowest BCUT2D eigenvalue weighted by molar-refractivity contribution is 0.0968. The van der Waals surface area contributed by atoms with Gasteiger partial charge in [0.25, 0.3) is 11.9 Å². The molecule has 4 heteroatoms. The maximum Gasteiger partial charge on any atom is 0.296 e. The first-order valence-corrected chi connectivity index (χ1v) is 6.86. The summed E-state index contributed by atoms with van der Waals surface area (Å²) >= 11 is 0. The van der Waals surface area contributed by atoms with Gasteiger partial charge >= 0.3 is 0 Å². The van der Waals surface area contributed by atoms with E-state index in [2.05, 4.69) is 16.9 Å². The molecule has 0 aliphatic rings. The van der Waals surface area contributed by atoms with Gasteiger partial charge in [0.05, 0.1) is 12.8 Å². The van der Waals surface area contributed by atoms with E-state index >= 15 is 0 Å². The molecule has 0 aliphatic heterocycles. The Labute approximate surface area is 130 Å². The van der Waals surface area contributed by atoms with Crippen LogP contribution >= 0.6 is 0 Å². The van der Waals surface area contributed by atoms with E-state index in [1.165, 1.54) is 7.11 Å². The Kier molecular flexibility index (Phi) is 5.09. The molecule has 4 nitrogen and oxygen atoms in total. The molecule has 1 N–H and O–H groups in total. The smallest absolute Gasteiger partial charge is 0.296 e. The Morgan fingerprint density at radius 2 is 1.73 bits per heavy atom. The van der Waals surface area contributed by atoms with Crippen molar-refractivity contribution in [3.05, 3.63) is 72.3 Å². The second kappa shape index (κ2) is 7.22. The quantitative estimate of drug-likeness (QED) is 0.691. The Bertz CT molecular complexity index is 706. The molecular formula is C18H18N2O2. The molecule has 0 saturated heterocycles. The summed E-state index contributed by atoms with van der Waals surface area (Å²) in [7, 11) is 1.47. The Hall–Kier alpha value is -2.88. The van der Waals surface area contributed by atoms with Crippen molar-refractivity contribution in [2.45, 2.75) is 6.92 Å². The maximum atomic E-state index is 12.1. The molecule has 2 aromatic carbocycles. The number of methoxy groups -OCH3 is 1. The van der Waals surface area contributed by atoms with Crippen LogP contribution in [-0.4, -0.2) is 19.0 Å². The number of carbonyl (C=O) groups is 1. The molecule has 0 fully saturated rings. The van der Waals surface area contributed by atoms with Crippen LogP contribution in [-0.2, 0) is 4.74 Å². The number of para-hydroxylation sites is 1. The molecular weight excluding hydrogens is 276 g/mol. The number of amidine groups is 1. The van der Waals surface area contributed by atoms with Gasteiger partial charge in [0.1, 0.15) is 0 Å². The molecule has 0 spiro atoms. The Morgan fingerprint density at radius 1 is 1.09 bits per heavy atom. The van der Waals surface area contributed by atoms with Crippen LogP contribution in [0.2, 0.25) is 0 Å². The van der Waals surface area contributed by atoms with Crippen molar-refractivity contribution in [3.63, 3.8) is 0 Å². The van der Waals surface area contributed by atoms with E-state index in [4.69, 9.17) is 4.74 Å². The molecule has 0 aromatic heterocycles. The molecule has 1 amide bonds. The highest BCUT2D eigenvalue weighted by molar-refractivity contribution is 6.04. The average molecular weight is 294 g/mol. The maximum absolute atomic E-state index is 12.1. The Balaban J connectivity index is 2.25. The minimum Gasteiger partial charge on any atom is -0.468 e. The number of rotatable bonds is 3. The largest absolute Gasteiger partial charge is 0.468 e. The molecule has 2 rings (SSSR count). The predicted molar refractivity (Wildman–Crippen MR) is 89.2 cm³/mol. The monoisotopic (exact) mass is 294 g/mol. The first-order valence-electron chi connectivity index (χ1n) is 6.86. The lowest BCUT2D eigenvalue weighted by Crippen LogP contribution is -2.31. The van der Waals surface area contributed by atoms with Crippen molar-refractivity contribution >= 4 is 23.2 Å². The molecule has 0 aliphatic carbocycles. The van der Waals surface area contributed by atoms with E-state index in [9.17, 15) is 4.79 Å². The van der Waals surface area contributed by atoms with Gasteiger partial charge in [-0.25, -0.2) is 0 Å². The van der Waals surface area contributed by atoms with Crippen molar-refractivity contribution in [1.82, 2.24) is 5.32 Å². The number of hydrogen-bond acceptors (Lipinski definition) is 3. The van der Waals surface area contributed by atoms with Gasteiger partial charge in [0.2, 0.25) is 0 Å². The molecule has 0 unspecified atom stereocenters. The molecule has 22 heavy (non-hydrogen) atoms. The highest BCUT2D eigenvalue weighted by atomic mass is 16.5. The zero-order valence-electron chi connectivity index (χ0n) is 12.7. The van der Waals surface area contributed by atoms with E-state index in [0.717, 1.165) is 11.1 Å². The summed E-state index contributed by atoms with van der Waals surface area (Å²) in [6.07, 6.45) is 0. The third-order valence-corrected chi connectivity index (χ3v) is 3.04. The number of benzene rings is 2. The number of allylic oxidation sites excluding steroid dienone is 1. The van der Waals surface area contributed by atoms with Crippen molar-refractivity contribution in [3.8, 4) is 0 Å². The van der Waals surface area contributed by atoms with Gasteiger partial charge in [0.15, 0.2) is 0 Å². The standard InChI is InChI=1S/C18H18N2O2/c1-13(2)15-11-7-8-12-16(15)19-18(22-3)20-17(21)14-9-5-4-6-10-14/h4-12H,1H2,2-3H3,(H,19,20,21).